The molecular weight excluding hydrogens is 347 g/mol. The zero-order valence-corrected chi connectivity index (χ0v) is 12.9. The second kappa shape index (κ2) is 5.41. The lowest BCUT2D eigenvalue weighted by Crippen LogP contribution is -2.26. The fourth-order valence-corrected chi connectivity index (χ4v) is 3.38. The Kier molecular flexibility index (Phi) is 4.01. The lowest BCUT2D eigenvalue weighted by molar-refractivity contribution is 0.594. The van der Waals surface area contributed by atoms with E-state index in [0.29, 0.717) is 10.2 Å². The summed E-state index contributed by atoms with van der Waals surface area (Å²) in [5, 5.41) is 0. The summed E-state index contributed by atoms with van der Waals surface area (Å²) in [4.78, 5) is 0.0744. The van der Waals surface area contributed by atoms with Gasteiger partial charge in [-0.1, -0.05) is 6.07 Å². The number of benzene rings is 2. The molecule has 0 spiro atoms. The van der Waals surface area contributed by atoms with E-state index in [2.05, 4.69) is 15.9 Å². The van der Waals surface area contributed by atoms with Crippen LogP contribution in [-0.4, -0.2) is 15.5 Å². The summed E-state index contributed by atoms with van der Waals surface area (Å²) >= 11 is 3.19. The number of halogens is 2. The molecule has 20 heavy (non-hydrogen) atoms. The van der Waals surface area contributed by atoms with Crippen molar-refractivity contribution in [1.82, 2.24) is 0 Å². The lowest BCUT2D eigenvalue weighted by Gasteiger charge is -2.19. The summed E-state index contributed by atoms with van der Waals surface area (Å²) in [7, 11) is -2.40. The molecule has 0 bridgehead atoms. The minimum atomic E-state index is -3.77. The average molecular weight is 359 g/mol. The van der Waals surface area contributed by atoms with Crippen LogP contribution >= 0.6 is 15.9 Å². The number of rotatable bonds is 3. The maximum absolute atomic E-state index is 13.2. The SMILES string of the molecule is CN(c1cccc(F)c1)S(=O)(=O)c1ccc(N)c(Br)c1. The third-order valence-electron chi connectivity index (χ3n) is 2.80. The van der Waals surface area contributed by atoms with E-state index >= 15 is 0 Å². The van der Waals surface area contributed by atoms with Crippen LogP contribution in [0.5, 0.6) is 0 Å². The smallest absolute Gasteiger partial charge is 0.264 e. The van der Waals surface area contributed by atoms with Gasteiger partial charge in [0.25, 0.3) is 10.0 Å². The van der Waals surface area contributed by atoms with Gasteiger partial charge in [0.05, 0.1) is 10.6 Å². The Morgan fingerprint density at radius 3 is 2.50 bits per heavy atom. The molecule has 0 aromatic heterocycles. The van der Waals surface area contributed by atoms with Crippen molar-refractivity contribution in [3.05, 3.63) is 52.8 Å². The molecule has 0 amide bonds. The molecule has 0 aliphatic carbocycles. The van der Waals surface area contributed by atoms with Crippen LogP contribution in [0.3, 0.4) is 0 Å². The van der Waals surface area contributed by atoms with E-state index in [1.54, 1.807) is 0 Å². The second-order valence-corrected chi connectivity index (χ2v) is 6.96. The number of anilines is 2. The summed E-state index contributed by atoms with van der Waals surface area (Å²) in [6.45, 7) is 0. The summed E-state index contributed by atoms with van der Waals surface area (Å²) < 4.78 is 39.6. The van der Waals surface area contributed by atoms with Crippen LogP contribution in [-0.2, 0) is 10.0 Å². The van der Waals surface area contributed by atoms with E-state index in [9.17, 15) is 12.8 Å². The highest BCUT2D eigenvalue weighted by Gasteiger charge is 2.22. The third-order valence-corrected chi connectivity index (χ3v) is 5.27. The van der Waals surface area contributed by atoms with Gasteiger partial charge in [0.15, 0.2) is 0 Å². The van der Waals surface area contributed by atoms with E-state index in [1.807, 2.05) is 0 Å². The Bertz CT molecular complexity index is 750. The summed E-state index contributed by atoms with van der Waals surface area (Å²) in [6, 6.07) is 9.71. The number of sulfonamides is 1. The molecule has 0 aliphatic rings. The maximum atomic E-state index is 13.2. The maximum Gasteiger partial charge on any atom is 0.264 e. The van der Waals surface area contributed by atoms with Crippen LogP contribution in [0, 0.1) is 5.82 Å². The minimum absolute atomic E-state index is 0.0744. The van der Waals surface area contributed by atoms with E-state index in [1.165, 1.54) is 43.4 Å². The van der Waals surface area contributed by atoms with Crippen LogP contribution in [0.25, 0.3) is 0 Å². The average Bonchev–Trinajstić information content (AvgIpc) is 2.40. The molecule has 2 aromatic rings. The molecule has 0 radical (unpaired) electrons. The molecule has 0 saturated carbocycles. The van der Waals surface area contributed by atoms with Crippen molar-refractivity contribution in [2.75, 3.05) is 17.1 Å². The van der Waals surface area contributed by atoms with Crippen LogP contribution < -0.4 is 10.0 Å². The van der Waals surface area contributed by atoms with Gasteiger partial charge in [-0.15, -0.1) is 0 Å². The normalized spacial score (nSPS) is 11.3. The van der Waals surface area contributed by atoms with Crippen molar-refractivity contribution in [2.45, 2.75) is 4.90 Å². The van der Waals surface area contributed by atoms with Gasteiger partial charge in [0, 0.05) is 17.2 Å². The van der Waals surface area contributed by atoms with Crippen LogP contribution in [0.15, 0.2) is 51.8 Å². The third kappa shape index (κ3) is 2.78. The molecule has 0 fully saturated rings. The lowest BCUT2D eigenvalue weighted by atomic mass is 10.3. The summed E-state index contributed by atoms with van der Waals surface area (Å²) in [5.74, 6) is -0.497. The highest BCUT2D eigenvalue weighted by molar-refractivity contribution is 9.10. The Morgan fingerprint density at radius 1 is 1.20 bits per heavy atom. The first-order valence-electron chi connectivity index (χ1n) is 5.62. The van der Waals surface area contributed by atoms with Gasteiger partial charge in [-0.3, -0.25) is 4.31 Å². The molecule has 2 aromatic carbocycles. The fourth-order valence-electron chi connectivity index (χ4n) is 1.64. The Balaban J connectivity index is 2.46. The van der Waals surface area contributed by atoms with E-state index in [4.69, 9.17) is 5.73 Å². The largest absolute Gasteiger partial charge is 0.398 e. The first-order valence-corrected chi connectivity index (χ1v) is 7.85. The highest BCUT2D eigenvalue weighted by Crippen LogP contribution is 2.27. The van der Waals surface area contributed by atoms with Crippen molar-refractivity contribution in [3.63, 3.8) is 0 Å². The van der Waals surface area contributed by atoms with Crippen molar-refractivity contribution in [3.8, 4) is 0 Å². The van der Waals surface area contributed by atoms with Gasteiger partial charge >= 0.3 is 0 Å². The zero-order chi connectivity index (χ0) is 14.9. The molecule has 2 N–H and O–H groups in total. The van der Waals surface area contributed by atoms with Gasteiger partial charge < -0.3 is 5.73 Å². The standard InChI is InChI=1S/C13H12BrFN2O2S/c1-17(10-4-2-3-9(15)7-10)20(18,19)11-5-6-13(16)12(14)8-11/h2-8H,16H2,1H3. The predicted molar refractivity (Wildman–Crippen MR) is 80.5 cm³/mol. The van der Waals surface area contributed by atoms with Crippen LogP contribution in [0.4, 0.5) is 15.8 Å². The van der Waals surface area contributed by atoms with Gasteiger partial charge in [0.1, 0.15) is 5.82 Å². The Labute approximate surface area is 125 Å². The predicted octanol–water partition coefficient (Wildman–Crippen LogP) is 3.00. The molecule has 106 valence electrons. The van der Waals surface area contributed by atoms with Crippen molar-refractivity contribution in [1.29, 1.82) is 0 Å². The molecular formula is C13H12BrFN2O2S. The van der Waals surface area contributed by atoms with E-state index in [0.717, 1.165) is 10.4 Å². The second-order valence-electron chi connectivity index (χ2n) is 4.14. The molecule has 0 atom stereocenters. The van der Waals surface area contributed by atoms with Gasteiger partial charge in [0.2, 0.25) is 0 Å². The van der Waals surface area contributed by atoms with Crippen molar-refractivity contribution in [2.24, 2.45) is 0 Å². The monoisotopic (exact) mass is 358 g/mol. The van der Waals surface area contributed by atoms with Crippen LogP contribution in [0.1, 0.15) is 0 Å². The summed E-state index contributed by atoms with van der Waals surface area (Å²) in [5.41, 5.74) is 6.32. The quantitative estimate of drug-likeness (QED) is 0.857. The number of hydrogen-bond donors (Lipinski definition) is 1. The van der Waals surface area contributed by atoms with Crippen molar-refractivity contribution >= 4 is 37.3 Å². The molecule has 0 heterocycles. The number of nitrogens with zero attached hydrogens (tertiary/aromatic N) is 1. The Morgan fingerprint density at radius 2 is 1.90 bits per heavy atom. The molecule has 4 nitrogen and oxygen atoms in total. The first kappa shape index (κ1) is 14.8. The van der Waals surface area contributed by atoms with Gasteiger partial charge in [-0.05, 0) is 52.3 Å². The van der Waals surface area contributed by atoms with Crippen molar-refractivity contribution < 1.29 is 12.8 Å². The summed E-state index contributed by atoms with van der Waals surface area (Å²) in [6.07, 6.45) is 0. The fraction of sp³-hybridized carbons (Fsp3) is 0.0769. The number of nitrogen functional groups attached to an aromatic ring is 1. The Hall–Kier alpha value is -1.60. The van der Waals surface area contributed by atoms with Crippen LogP contribution in [0.2, 0.25) is 0 Å². The van der Waals surface area contributed by atoms with Gasteiger partial charge in [-0.25, -0.2) is 12.8 Å². The molecule has 2 rings (SSSR count). The number of hydrogen-bond acceptors (Lipinski definition) is 3. The topological polar surface area (TPSA) is 63.4 Å². The minimum Gasteiger partial charge on any atom is -0.398 e. The molecule has 0 unspecified atom stereocenters. The van der Waals surface area contributed by atoms with E-state index < -0.39 is 15.8 Å². The zero-order valence-electron chi connectivity index (χ0n) is 10.5. The molecule has 0 aliphatic heterocycles. The van der Waals surface area contributed by atoms with Gasteiger partial charge in [-0.2, -0.15) is 0 Å². The highest BCUT2D eigenvalue weighted by atomic mass is 79.9. The first-order chi connectivity index (χ1) is 9.32. The van der Waals surface area contributed by atoms with E-state index in [-0.39, 0.29) is 10.6 Å². The number of nitrogens with two attached hydrogens (primary N) is 1. The molecule has 7 heteroatoms. The molecule has 0 saturated heterocycles.